The Balaban J connectivity index is 0.000000360. The topological polar surface area (TPSA) is 106 Å². The number of carbonyl (C=O) groups excluding carboxylic acids is 1. The molecule has 3 aliphatic heterocycles. The van der Waals surface area contributed by atoms with Gasteiger partial charge in [0.2, 0.25) is 0 Å². The van der Waals surface area contributed by atoms with Gasteiger partial charge in [-0.2, -0.15) is 13.2 Å². The van der Waals surface area contributed by atoms with Crippen LogP contribution in [0.15, 0.2) is 12.4 Å². The Kier molecular flexibility index (Phi) is 8.12. The second-order valence-corrected chi connectivity index (χ2v) is 8.45. The van der Waals surface area contributed by atoms with E-state index in [0.717, 1.165) is 45.9 Å². The van der Waals surface area contributed by atoms with Crippen LogP contribution in [0.4, 0.5) is 13.2 Å². The Bertz CT molecular complexity index is 782. The number of carbonyl (C=O) groups is 2. The van der Waals surface area contributed by atoms with E-state index in [1.807, 2.05) is 7.05 Å². The van der Waals surface area contributed by atoms with Gasteiger partial charge in [-0.15, -0.1) is 0 Å². The number of likely N-dealkylation sites (tertiary alicyclic amines) is 1. The average molecular weight is 462 g/mol. The van der Waals surface area contributed by atoms with Crippen molar-refractivity contribution in [2.45, 2.75) is 25.1 Å². The quantitative estimate of drug-likeness (QED) is 0.676. The first-order valence-electron chi connectivity index (χ1n) is 10.6. The molecular weight excluding hydrogens is 433 g/mol. The molecule has 32 heavy (non-hydrogen) atoms. The zero-order valence-corrected chi connectivity index (χ0v) is 17.9. The largest absolute Gasteiger partial charge is 0.490 e. The highest BCUT2D eigenvalue weighted by Crippen LogP contribution is 2.34. The molecule has 4 rings (SSSR count). The summed E-state index contributed by atoms with van der Waals surface area (Å²) < 4.78 is 45.0. The third-order valence-electron chi connectivity index (χ3n) is 6.15. The van der Waals surface area contributed by atoms with Gasteiger partial charge in [0.15, 0.2) is 5.82 Å². The summed E-state index contributed by atoms with van der Waals surface area (Å²) in [6, 6.07) is 0. The number of fused-ring (bicyclic) bond motifs is 1. The maximum Gasteiger partial charge on any atom is 0.490 e. The average Bonchev–Trinajstić information content (AvgIpc) is 3.47. The molecule has 180 valence electrons. The number of imidazole rings is 1. The zero-order chi connectivity index (χ0) is 23.3. The van der Waals surface area contributed by atoms with Crippen LogP contribution in [0.25, 0.3) is 0 Å². The van der Waals surface area contributed by atoms with Gasteiger partial charge in [0.1, 0.15) is 0 Å². The Morgan fingerprint density at radius 3 is 2.66 bits per heavy atom. The number of nitrogens with zero attached hydrogens (tertiary/aromatic N) is 3. The molecule has 12 heteroatoms. The number of hydrogen-bond acceptors (Lipinski definition) is 6. The lowest BCUT2D eigenvalue weighted by Gasteiger charge is -2.36. The molecule has 2 N–H and O–H groups in total. The van der Waals surface area contributed by atoms with Crippen molar-refractivity contribution in [3.63, 3.8) is 0 Å². The lowest BCUT2D eigenvalue weighted by atomic mass is 9.84. The van der Waals surface area contributed by atoms with E-state index in [2.05, 4.69) is 15.2 Å². The van der Waals surface area contributed by atoms with E-state index in [-0.39, 0.29) is 12.0 Å². The van der Waals surface area contributed by atoms with Crippen molar-refractivity contribution >= 4 is 11.9 Å². The Morgan fingerprint density at radius 1 is 1.31 bits per heavy atom. The van der Waals surface area contributed by atoms with E-state index in [1.54, 1.807) is 17.0 Å². The van der Waals surface area contributed by atoms with Crippen LogP contribution in [-0.2, 0) is 21.3 Å². The Labute approximate surface area is 183 Å². The van der Waals surface area contributed by atoms with Crippen molar-refractivity contribution in [2.75, 3.05) is 46.0 Å². The van der Waals surface area contributed by atoms with Crippen LogP contribution >= 0.6 is 0 Å². The van der Waals surface area contributed by atoms with Crippen LogP contribution in [0.2, 0.25) is 0 Å². The number of aromatic nitrogens is 2. The monoisotopic (exact) mass is 462 g/mol. The molecule has 0 bridgehead atoms. The highest BCUT2D eigenvalue weighted by atomic mass is 19.4. The van der Waals surface area contributed by atoms with E-state index in [0.29, 0.717) is 30.1 Å². The molecule has 3 saturated heterocycles. The lowest BCUT2D eigenvalue weighted by molar-refractivity contribution is -0.192. The number of aliphatic carboxylic acids is 1. The lowest BCUT2D eigenvalue weighted by Crippen LogP contribution is -2.45. The maximum atomic E-state index is 12.2. The number of hydrogen-bond donors (Lipinski definition) is 2. The van der Waals surface area contributed by atoms with Gasteiger partial charge in [0, 0.05) is 51.6 Å². The normalized spacial score (nSPS) is 28.0. The summed E-state index contributed by atoms with van der Waals surface area (Å²) in [4.78, 5) is 27.8. The molecule has 3 fully saturated rings. The van der Waals surface area contributed by atoms with Crippen molar-refractivity contribution in [1.82, 2.24) is 19.8 Å². The van der Waals surface area contributed by atoms with E-state index in [4.69, 9.17) is 19.4 Å². The summed E-state index contributed by atoms with van der Waals surface area (Å²) in [5.41, 5.74) is 0. The molecule has 1 amide bonds. The molecule has 1 aromatic heterocycles. The van der Waals surface area contributed by atoms with Crippen molar-refractivity contribution in [3.8, 4) is 0 Å². The van der Waals surface area contributed by atoms with Crippen molar-refractivity contribution in [1.29, 1.82) is 0 Å². The number of aryl methyl sites for hydroxylation is 1. The first-order chi connectivity index (χ1) is 15.1. The van der Waals surface area contributed by atoms with Crippen LogP contribution in [0.5, 0.6) is 0 Å². The molecule has 0 saturated carbocycles. The molecule has 1 aromatic rings. The predicted octanol–water partition coefficient (Wildman–Crippen LogP) is 1.16. The molecule has 0 radical (unpaired) electrons. The van der Waals surface area contributed by atoms with Crippen LogP contribution in [0, 0.1) is 17.8 Å². The van der Waals surface area contributed by atoms with Gasteiger partial charge in [0.25, 0.3) is 5.91 Å². The Hall–Kier alpha value is -2.18. The molecule has 1 unspecified atom stereocenters. The van der Waals surface area contributed by atoms with Gasteiger partial charge in [-0.05, 0) is 31.2 Å². The van der Waals surface area contributed by atoms with E-state index < -0.39 is 12.1 Å². The van der Waals surface area contributed by atoms with Crippen molar-refractivity contribution in [3.05, 3.63) is 18.2 Å². The number of halogens is 3. The second kappa shape index (κ2) is 10.6. The number of ether oxygens (including phenoxy) is 2. The summed E-state index contributed by atoms with van der Waals surface area (Å²) in [6.45, 7) is 6.63. The number of carboxylic acids is 1. The molecule has 0 spiro atoms. The predicted molar refractivity (Wildman–Crippen MR) is 106 cm³/mol. The maximum absolute atomic E-state index is 12.2. The fraction of sp³-hybridized carbons (Fsp3) is 0.750. The molecule has 3 aliphatic rings. The molecular formula is C20H29F3N4O5. The molecule has 0 aliphatic carbocycles. The molecule has 4 atom stereocenters. The number of piperidine rings is 1. The second-order valence-electron chi connectivity index (χ2n) is 8.45. The summed E-state index contributed by atoms with van der Waals surface area (Å²) in [7, 11) is 1.83. The minimum absolute atomic E-state index is 0.127. The fourth-order valence-corrected chi connectivity index (χ4v) is 4.49. The van der Waals surface area contributed by atoms with Crippen LogP contribution in [0.1, 0.15) is 23.5 Å². The number of rotatable bonds is 5. The van der Waals surface area contributed by atoms with E-state index in [1.165, 1.54) is 6.42 Å². The van der Waals surface area contributed by atoms with Crippen LogP contribution < -0.4 is 5.32 Å². The summed E-state index contributed by atoms with van der Waals surface area (Å²) in [5.74, 6) is -0.593. The van der Waals surface area contributed by atoms with Gasteiger partial charge in [-0.3, -0.25) is 4.79 Å². The van der Waals surface area contributed by atoms with Gasteiger partial charge in [0.05, 0.1) is 19.3 Å². The number of nitrogens with one attached hydrogen (secondary N) is 1. The van der Waals surface area contributed by atoms with Gasteiger partial charge >= 0.3 is 12.1 Å². The standard InChI is InChI=1S/C18H28N4O3.C2HF3O2/c1-21-6-4-19-17(21)18(23)20-8-16-15-2-5-22(10-14(15)12-25-16)9-13-3-7-24-11-13;3-2(4,5)1(6)7/h4,6,13-16H,2-3,5,7-12H2,1H3,(H,20,23);(H,6,7)/t13?,14-,15-,16+;/m1./s1. The molecule has 9 nitrogen and oxygen atoms in total. The highest BCUT2D eigenvalue weighted by molar-refractivity contribution is 5.90. The van der Waals surface area contributed by atoms with Crippen molar-refractivity contribution in [2.24, 2.45) is 24.8 Å². The minimum atomic E-state index is -5.08. The minimum Gasteiger partial charge on any atom is -0.475 e. The molecule has 4 heterocycles. The van der Waals surface area contributed by atoms with E-state index in [9.17, 15) is 18.0 Å². The van der Waals surface area contributed by atoms with Crippen molar-refractivity contribution < 1.29 is 37.3 Å². The number of amides is 1. The zero-order valence-electron chi connectivity index (χ0n) is 17.9. The summed E-state index contributed by atoms with van der Waals surface area (Å²) >= 11 is 0. The number of alkyl halides is 3. The SMILES string of the molecule is Cn1ccnc1C(=O)NC[C@@H]1OC[C@H]2CN(CC3CCOC3)CC[C@H]21.O=C(O)C(F)(F)F. The van der Waals surface area contributed by atoms with Gasteiger partial charge < -0.3 is 29.4 Å². The number of carboxylic acid groups (broad SMARTS) is 1. The highest BCUT2D eigenvalue weighted by Gasteiger charge is 2.41. The molecule has 0 aromatic carbocycles. The van der Waals surface area contributed by atoms with Crippen LogP contribution in [-0.4, -0.2) is 89.7 Å². The fourth-order valence-electron chi connectivity index (χ4n) is 4.49. The van der Waals surface area contributed by atoms with Gasteiger partial charge in [-0.25, -0.2) is 9.78 Å². The third kappa shape index (κ3) is 6.42. The first-order valence-corrected chi connectivity index (χ1v) is 10.6. The van der Waals surface area contributed by atoms with Gasteiger partial charge in [-0.1, -0.05) is 0 Å². The Morgan fingerprint density at radius 2 is 2.06 bits per heavy atom. The third-order valence-corrected chi connectivity index (χ3v) is 6.15. The summed E-state index contributed by atoms with van der Waals surface area (Å²) in [6.07, 6.45) is 0.820. The van der Waals surface area contributed by atoms with Crippen LogP contribution in [0.3, 0.4) is 0 Å². The summed E-state index contributed by atoms with van der Waals surface area (Å²) in [5, 5.41) is 10.1. The first kappa shape index (κ1) is 24.5. The van der Waals surface area contributed by atoms with E-state index >= 15 is 0 Å². The smallest absolute Gasteiger partial charge is 0.475 e.